The zero-order chi connectivity index (χ0) is 17.6. The predicted molar refractivity (Wildman–Crippen MR) is 103 cm³/mol. The Balaban J connectivity index is 1.45. The zero-order valence-electron chi connectivity index (χ0n) is 13.9. The van der Waals surface area contributed by atoms with Crippen LogP contribution >= 0.6 is 23.2 Å². The molecule has 0 saturated carbocycles. The van der Waals surface area contributed by atoms with E-state index in [1.165, 1.54) is 0 Å². The minimum absolute atomic E-state index is 0.0346. The molecule has 0 radical (unpaired) electrons. The number of nitrogens with one attached hydrogen (secondary N) is 1. The first-order valence-corrected chi connectivity index (χ1v) is 9.10. The van der Waals surface area contributed by atoms with Gasteiger partial charge in [-0.05, 0) is 23.8 Å². The number of para-hydroxylation sites is 1. The number of carbonyl (C=O) groups is 1. The maximum absolute atomic E-state index is 12.2. The van der Waals surface area contributed by atoms with Crippen LogP contribution in [-0.4, -0.2) is 48.4 Å². The van der Waals surface area contributed by atoms with Crippen molar-refractivity contribution in [1.82, 2.24) is 9.80 Å². The molecule has 1 amide bonds. The van der Waals surface area contributed by atoms with Gasteiger partial charge in [0.2, 0.25) is 5.91 Å². The highest BCUT2D eigenvalue weighted by molar-refractivity contribution is 6.33. The highest BCUT2D eigenvalue weighted by atomic mass is 35.5. The Morgan fingerprint density at radius 3 is 2.16 bits per heavy atom. The first-order chi connectivity index (χ1) is 12.1. The third-order valence-corrected chi connectivity index (χ3v) is 5.03. The Morgan fingerprint density at radius 2 is 1.48 bits per heavy atom. The number of benzene rings is 2. The third-order valence-electron chi connectivity index (χ3n) is 4.33. The van der Waals surface area contributed by atoms with Crippen LogP contribution in [0.5, 0.6) is 0 Å². The van der Waals surface area contributed by atoms with Gasteiger partial charge >= 0.3 is 0 Å². The molecule has 1 fully saturated rings. The molecule has 1 saturated heterocycles. The molecule has 0 aromatic heterocycles. The molecular formula is C19H21Cl2N3O. The van der Waals surface area contributed by atoms with Gasteiger partial charge in [0.25, 0.3) is 0 Å². The van der Waals surface area contributed by atoms with Crippen LogP contribution in [0.3, 0.4) is 0 Å². The number of hydrogen-bond acceptors (Lipinski definition) is 3. The molecule has 1 aliphatic rings. The molecule has 1 N–H and O–H groups in total. The van der Waals surface area contributed by atoms with E-state index in [1.807, 2.05) is 36.4 Å². The van der Waals surface area contributed by atoms with Crippen LogP contribution in [0.2, 0.25) is 10.0 Å². The van der Waals surface area contributed by atoms with Crippen LogP contribution < -0.4 is 5.32 Å². The smallest absolute Gasteiger partial charge is 0.238 e. The van der Waals surface area contributed by atoms with Crippen molar-refractivity contribution in [3.8, 4) is 0 Å². The zero-order valence-corrected chi connectivity index (χ0v) is 15.4. The van der Waals surface area contributed by atoms with Crippen LogP contribution in [0.1, 0.15) is 5.56 Å². The molecule has 2 aromatic carbocycles. The molecular weight excluding hydrogens is 357 g/mol. The van der Waals surface area contributed by atoms with E-state index in [4.69, 9.17) is 23.2 Å². The van der Waals surface area contributed by atoms with Crippen LogP contribution in [-0.2, 0) is 11.3 Å². The van der Waals surface area contributed by atoms with Gasteiger partial charge in [0.15, 0.2) is 0 Å². The molecule has 0 spiro atoms. The molecule has 1 heterocycles. The summed E-state index contributed by atoms with van der Waals surface area (Å²) >= 11 is 12.3. The Hall–Kier alpha value is -1.59. The molecule has 6 heteroatoms. The summed E-state index contributed by atoms with van der Waals surface area (Å²) in [6, 6.07) is 15.2. The summed E-state index contributed by atoms with van der Waals surface area (Å²) in [6.07, 6.45) is 0. The molecule has 3 rings (SSSR count). The second-order valence-electron chi connectivity index (χ2n) is 6.17. The summed E-state index contributed by atoms with van der Waals surface area (Å²) in [4.78, 5) is 16.7. The van der Waals surface area contributed by atoms with Gasteiger partial charge in [-0.2, -0.15) is 0 Å². The second-order valence-corrected chi connectivity index (χ2v) is 6.99. The number of rotatable bonds is 5. The Labute approximate surface area is 158 Å². The molecule has 0 atom stereocenters. The fourth-order valence-electron chi connectivity index (χ4n) is 2.93. The van der Waals surface area contributed by atoms with Gasteiger partial charge in [0.1, 0.15) is 0 Å². The van der Waals surface area contributed by atoms with E-state index in [0.29, 0.717) is 17.3 Å². The highest BCUT2D eigenvalue weighted by Gasteiger charge is 2.19. The van der Waals surface area contributed by atoms with Gasteiger partial charge < -0.3 is 5.32 Å². The fourth-order valence-corrected chi connectivity index (χ4v) is 3.31. The summed E-state index contributed by atoms with van der Waals surface area (Å²) < 4.78 is 0. The maximum Gasteiger partial charge on any atom is 0.238 e. The summed E-state index contributed by atoms with van der Waals surface area (Å²) in [7, 11) is 0. The van der Waals surface area contributed by atoms with Crippen LogP contribution in [0.15, 0.2) is 48.5 Å². The van der Waals surface area contributed by atoms with E-state index in [-0.39, 0.29) is 5.91 Å². The Bertz CT molecular complexity index is 730. The number of amides is 1. The van der Waals surface area contributed by atoms with Crippen molar-refractivity contribution in [3.63, 3.8) is 0 Å². The molecule has 0 unspecified atom stereocenters. The van der Waals surface area contributed by atoms with Gasteiger partial charge in [-0.25, -0.2) is 0 Å². The van der Waals surface area contributed by atoms with Crippen molar-refractivity contribution in [2.45, 2.75) is 6.54 Å². The molecule has 0 bridgehead atoms. The monoisotopic (exact) mass is 377 g/mol. The van der Waals surface area contributed by atoms with Crippen LogP contribution in [0.25, 0.3) is 0 Å². The summed E-state index contributed by atoms with van der Waals surface area (Å²) in [5, 5.41) is 4.24. The van der Waals surface area contributed by atoms with Crippen molar-refractivity contribution >= 4 is 34.8 Å². The van der Waals surface area contributed by atoms with Crippen LogP contribution in [0, 0.1) is 0 Å². The van der Waals surface area contributed by atoms with E-state index in [2.05, 4.69) is 21.2 Å². The molecule has 0 aliphatic carbocycles. The molecule has 2 aromatic rings. The number of piperazine rings is 1. The number of carbonyl (C=O) groups excluding carboxylic acids is 1. The molecule has 4 nitrogen and oxygen atoms in total. The highest BCUT2D eigenvalue weighted by Crippen LogP contribution is 2.20. The Morgan fingerprint density at radius 1 is 0.880 bits per heavy atom. The minimum atomic E-state index is -0.0346. The normalized spacial score (nSPS) is 15.9. The topological polar surface area (TPSA) is 35.6 Å². The predicted octanol–water partition coefficient (Wildman–Crippen LogP) is 3.75. The van der Waals surface area contributed by atoms with E-state index in [1.54, 1.807) is 6.07 Å². The molecule has 25 heavy (non-hydrogen) atoms. The Kier molecular flexibility index (Phi) is 6.32. The summed E-state index contributed by atoms with van der Waals surface area (Å²) in [6.45, 7) is 4.79. The standard InChI is InChI=1S/C19H21Cl2N3O/c20-16-6-2-1-5-15(16)13-23-9-11-24(12-10-23)14-19(25)22-18-8-4-3-7-17(18)21/h1-8H,9-14H2,(H,22,25). The van der Waals surface area contributed by atoms with Gasteiger partial charge in [-0.15, -0.1) is 0 Å². The summed E-state index contributed by atoms with van der Waals surface area (Å²) in [5.41, 5.74) is 1.81. The number of anilines is 1. The van der Waals surface area contributed by atoms with Gasteiger partial charge in [0.05, 0.1) is 17.3 Å². The number of nitrogens with zero attached hydrogens (tertiary/aromatic N) is 2. The quantitative estimate of drug-likeness (QED) is 0.861. The van der Waals surface area contributed by atoms with E-state index in [9.17, 15) is 4.79 Å². The lowest BCUT2D eigenvalue weighted by Crippen LogP contribution is -2.48. The second kappa shape index (κ2) is 8.68. The van der Waals surface area contributed by atoms with Crippen molar-refractivity contribution in [3.05, 3.63) is 64.1 Å². The van der Waals surface area contributed by atoms with Crippen molar-refractivity contribution in [2.75, 3.05) is 38.0 Å². The minimum Gasteiger partial charge on any atom is -0.324 e. The van der Waals surface area contributed by atoms with Gasteiger partial charge in [-0.1, -0.05) is 53.5 Å². The summed E-state index contributed by atoms with van der Waals surface area (Å²) in [5.74, 6) is -0.0346. The van der Waals surface area contributed by atoms with E-state index < -0.39 is 0 Å². The first-order valence-electron chi connectivity index (χ1n) is 8.34. The van der Waals surface area contributed by atoms with Crippen molar-refractivity contribution in [1.29, 1.82) is 0 Å². The van der Waals surface area contributed by atoms with E-state index in [0.717, 1.165) is 43.3 Å². The van der Waals surface area contributed by atoms with E-state index >= 15 is 0 Å². The molecule has 132 valence electrons. The average Bonchev–Trinajstić information content (AvgIpc) is 2.61. The average molecular weight is 378 g/mol. The molecule has 1 aliphatic heterocycles. The van der Waals surface area contributed by atoms with Gasteiger partial charge in [-0.3, -0.25) is 14.6 Å². The lowest BCUT2D eigenvalue weighted by molar-refractivity contribution is -0.117. The van der Waals surface area contributed by atoms with Gasteiger partial charge in [0, 0.05) is 37.7 Å². The third kappa shape index (κ3) is 5.19. The largest absolute Gasteiger partial charge is 0.324 e. The fraction of sp³-hybridized carbons (Fsp3) is 0.316. The number of hydrogen-bond donors (Lipinski definition) is 1. The lowest BCUT2D eigenvalue weighted by atomic mass is 10.2. The van der Waals surface area contributed by atoms with Crippen LogP contribution in [0.4, 0.5) is 5.69 Å². The number of halogens is 2. The first kappa shape index (κ1) is 18.2. The SMILES string of the molecule is O=C(CN1CCN(Cc2ccccc2Cl)CC1)Nc1ccccc1Cl. The van der Waals surface area contributed by atoms with Crippen molar-refractivity contribution < 1.29 is 4.79 Å². The van der Waals surface area contributed by atoms with Crippen molar-refractivity contribution in [2.24, 2.45) is 0 Å². The maximum atomic E-state index is 12.2. The lowest BCUT2D eigenvalue weighted by Gasteiger charge is -2.34.